The van der Waals surface area contributed by atoms with Crippen LogP contribution in [-0.4, -0.2) is 25.7 Å². The predicted molar refractivity (Wildman–Crippen MR) is 68.1 cm³/mol. The molecule has 2 rings (SSSR count). The third-order valence-corrected chi connectivity index (χ3v) is 4.08. The van der Waals surface area contributed by atoms with Gasteiger partial charge in [-0.3, -0.25) is 4.79 Å². The highest BCUT2D eigenvalue weighted by Gasteiger charge is 2.28. The quantitative estimate of drug-likeness (QED) is 0.816. The first kappa shape index (κ1) is 12.6. The summed E-state index contributed by atoms with van der Waals surface area (Å²) in [5, 5.41) is 4.34. The number of thiophene rings is 1. The van der Waals surface area contributed by atoms with Crippen molar-refractivity contribution in [1.82, 2.24) is 0 Å². The molecule has 1 aliphatic rings. The molecular weight excluding hydrogens is 234 g/mol. The highest BCUT2D eigenvalue weighted by Crippen LogP contribution is 2.12. The molecule has 1 N–H and O–H groups in total. The van der Waals surface area contributed by atoms with Crippen LogP contribution in [0.15, 0.2) is 16.8 Å². The lowest BCUT2D eigenvalue weighted by atomic mass is 9.97. The molecular formula is C13H20NO2S+. The standard InChI is InChI=1S/C13H19NO2S/c1-2-16-13(15)12-3-6-14(7-4-12)9-11-5-8-17-10-11/h5,8,10,12H,2-4,6-7,9H2,1H3/p+1. The second kappa shape index (κ2) is 6.17. The zero-order valence-electron chi connectivity index (χ0n) is 10.3. The molecule has 0 aromatic carbocycles. The van der Waals surface area contributed by atoms with Crippen LogP contribution >= 0.6 is 11.3 Å². The molecule has 4 heteroatoms. The summed E-state index contributed by atoms with van der Waals surface area (Å²) in [6, 6.07) is 2.19. The first-order chi connectivity index (χ1) is 8.29. The van der Waals surface area contributed by atoms with Crippen LogP contribution in [0.2, 0.25) is 0 Å². The van der Waals surface area contributed by atoms with Crippen molar-refractivity contribution in [3.05, 3.63) is 22.4 Å². The van der Waals surface area contributed by atoms with E-state index in [4.69, 9.17) is 4.74 Å². The fraction of sp³-hybridized carbons (Fsp3) is 0.615. The molecule has 0 saturated carbocycles. The lowest BCUT2D eigenvalue weighted by Gasteiger charge is -2.27. The van der Waals surface area contributed by atoms with Gasteiger partial charge in [-0.15, -0.1) is 0 Å². The summed E-state index contributed by atoms with van der Waals surface area (Å²) in [5.41, 5.74) is 1.42. The van der Waals surface area contributed by atoms with E-state index < -0.39 is 0 Å². The van der Waals surface area contributed by atoms with Crippen LogP contribution in [0.1, 0.15) is 25.3 Å². The summed E-state index contributed by atoms with van der Waals surface area (Å²) in [6.45, 7) is 5.63. The first-order valence-electron chi connectivity index (χ1n) is 6.31. The Kier molecular flexibility index (Phi) is 4.57. The normalized spacial score (nSPS) is 24.5. The summed E-state index contributed by atoms with van der Waals surface area (Å²) in [6.07, 6.45) is 1.94. The second-order valence-electron chi connectivity index (χ2n) is 4.58. The number of rotatable bonds is 4. The number of esters is 1. The lowest BCUT2D eigenvalue weighted by Crippen LogP contribution is -3.11. The van der Waals surface area contributed by atoms with Crippen molar-refractivity contribution in [2.75, 3.05) is 19.7 Å². The van der Waals surface area contributed by atoms with Crippen LogP contribution in [0.3, 0.4) is 0 Å². The van der Waals surface area contributed by atoms with E-state index in [1.54, 1.807) is 16.2 Å². The zero-order valence-corrected chi connectivity index (χ0v) is 11.1. The molecule has 1 fully saturated rings. The van der Waals surface area contributed by atoms with Gasteiger partial charge in [0.25, 0.3) is 0 Å². The van der Waals surface area contributed by atoms with Crippen LogP contribution in [0.4, 0.5) is 0 Å². The minimum absolute atomic E-state index is 0.00193. The van der Waals surface area contributed by atoms with Gasteiger partial charge in [0.1, 0.15) is 6.54 Å². The van der Waals surface area contributed by atoms with E-state index in [1.807, 2.05) is 6.92 Å². The average Bonchev–Trinajstić information content (AvgIpc) is 2.83. The molecule has 0 radical (unpaired) electrons. The highest BCUT2D eigenvalue weighted by molar-refractivity contribution is 7.07. The number of piperidine rings is 1. The van der Waals surface area contributed by atoms with Gasteiger partial charge in [0.15, 0.2) is 0 Å². The van der Waals surface area contributed by atoms with Gasteiger partial charge in [0.05, 0.1) is 25.6 Å². The molecule has 0 atom stereocenters. The van der Waals surface area contributed by atoms with Gasteiger partial charge in [0.2, 0.25) is 0 Å². The molecule has 0 unspecified atom stereocenters. The maximum absolute atomic E-state index is 11.6. The van der Waals surface area contributed by atoms with E-state index in [0.717, 1.165) is 32.5 Å². The van der Waals surface area contributed by atoms with E-state index in [1.165, 1.54) is 5.56 Å². The molecule has 17 heavy (non-hydrogen) atoms. The fourth-order valence-electron chi connectivity index (χ4n) is 2.38. The summed E-state index contributed by atoms with van der Waals surface area (Å²) in [7, 11) is 0. The summed E-state index contributed by atoms with van der Waals surface area (Å²) in [4.78, 5) is 13.2. The van der Waals surface area contributed by atoms with Crippen LogP contribution in [0, 0.1) is 5.92 Å². The monoisotopic (exact) mass is 254 g/mol. The lowest BCUT2D eigenvalue weighted by molar-refractivity contribution is -0.919. The van der Waals surface area contributed by atoms with Crippen LogP contribution < -0.4 is 4.90 Å². The molecule has 1 aromatic rings. The van der Waals surface area contributed by atoms with Crippen molar-refractivity contribution in [2.24, 2.45) is 5.92 Å². The Morgan fingerprint density at radius 3 is 2.88 bits per heavy atom. The Morgan fingerprint density at radius 2 is 2.29 bits per heavy atom. The molecule has 0 spiro atoms. The molecule has 3 nitrogen and oxygen atoms in total. The maximum Gasteiger partial charge on any atom is 0.309 e. The van der Waals surface area contributed by atoms with Crippen molar-refractivity contribution >= 4 is 17.3 Å². The molecule has 0 aliphatic carbocycles. The maximum atomic E-state index is 11.6. The smallest absolute Gasteiger partial charge is 0.309 e. The van der Waals surface area contributed by atoms with E-state index >= 15 is 0 Å². The van der Waals surface area contributed by atoms with Gasteiger partial charge in [-0.05, 0) is 23.8 Å². The number of nitrogens with one attached hydrogen (secondary N) is 1. The summed E-state index contributed by atoms with van der Waals surface area (Å²) in [5.74, 6) is 0.142. The van der Waals surface area contributed by atoms with Gasteiger partial charge in [-0.25, -0.2) is 0 Å². The van der Waals surface area contributed by atoms with Gasteiger partial charge in [-0.2, -0.15) is 11.3 Å². The van der Waals surface area contributed by atoms with E-state index in [9.17, 15) is 4.79 Å². The van der Waals surface area contributed by atoms with E-state index in [2.05, 4.69) is 16.8 Å². The number of hydrogen-bond acceptors (Lipinski definition) is 3. The third kappa shape index (κ3) is 3.54. The van der Waals surface area contributed by atoms with Crippen molar-refractivity contribution in [2.45, 2.75) is 26.3 Å². The number of likely N-dealkylation sites (tertiary alicyclic amines) is 1. The van der Waals surface area contributed by atoms with Gasteiger partial charge >= 0.3 is 5.97 Å². The highest BCUT2D eigenvalue weighted by atomic mass is 32.1. The first-order valence-corrected chi connectivity index (χ1v) is 7.25. The fourth-order valence-corrected chi connectivity index (χ4v) is 3.05. The number of carbonyl (C=O) groups excluding carboxylic acids is 1. The molecule has 1 saturated heterocycles. The summed E-state index contributed by atoms with van der Waals surface area (Å²) < 4.78 is 5.08. The summed E-state index contributed by atoms with van der Waals surface area (Å²) >= 11 is 1.75. The second-order valence-corrected chi connectivity index (χ2v) is 5.36. The van der Waals surface area contributed by atoms with Crippen molar-refractivity contribution < 1.29 is 14.4 Å². The Labute approximate surface area is 106 Å². The largest absolute Gasteiger partial charge is 0.466 e. The van der Waals surface area contributed by atoms with Crippen LogP contribution in [-0.2, 0) is 16.1 Å². The Morgan fingerprint density at radius 1 is 1.53 bits per heavy atom. The minimum atomic E-state index is 0.00193. The van der Waals surface area contributed by atoms with Gasteiger partial charge in [0, 0.05) is 18.4 Å². The minimum Gasteiger partial charge on any atom is -0.466 e. The van der Waals surface area contributed by atoms with E-state index in [0.29, 0.717) is 6.61 Å². The van der Waals surface area contributed by atoms with Gasteiger partial charge in [-0.1, -0.05) is 0 Å². The number of carbonyl (C=O) groups is 1. The van der Waals surface area contributed by atoms with E-state index in [-0.39, 0.29) is 11.9 Å². The SMILES string of the molecule is CCOC(=O)C1CC[NH+](Cc2ccsc2)CC1. The third-order valence-electron chi connectivity index (χ3n) is 3.35. The Bertz CT molecular complexity index is 342. The predicted octanol–water partition coefficient (Wildman–Crippen LogP) is 1.11. The number of hydrogen-bond donors (Lipinski definition) is 1. The molecule has 0 amide bonds. The van der Waals surface area contributed by atoms with Gasteiger partial charge < -0.3 is 9.64 Å². The molecule has 1 aliphatic heterocycles. The van der Waals surface area contributed by atoms with Crippen molar-refractivity contribution in [1.29, 1.82) is 0 Å². The molecule has 2 heterocycles. The topological polar surface area (TPSA) is 30.7 Å². The molecule has 94 valence electrons. The Balaban J connectivity index is 1.76. The number of ether oxygens (including phenoxy) is 1. The van der Waals surface area contributed by atoms with Crippen LogP contribution in [0.5, 0.6) is 0 Å². The molecule has 0 bridgehead atoms. The van der Waals surface area contributed by atoms with Crippen molar-refractivity contribution in [3.8, 4) is 0 Å². The Hall–Kier alpha value is -0.870. The molecule has 1 aromatic heterocycles. The van der Waals surface area contributed by atoms with Crippen molar-refractivity contribution in [3.63, 3.8) is 0 Å². The van der Waals surface area contributed by atoms with Crippen LogP contribution in [0.25, 0.3) is 0 Å². The number of quaternary nitrogens is 1. The average molecular weight is 254 g/mol. The zero-order chi connectivity index (χ0) is 12.1.